The van der Waals surface area contributed by atoms with Gasteiger partial charge in [-0.1, -0.05) is 6.07 Å². The Hall–Kier alpha value is -0.743. The SMILES string of the molecule is O=C([Si])C1(c2ccc(O)c(S)c2)CC1. The van der Waals surface area contributed by atoms with Crippen molar-refractivity contribution in [1.29, 1.82) is 0 Å². The van der Waals surface area contributed by atoms with Gasteiger partial charge in [-0.15, -0.1) is 12.6 Å². The largest absolute Gasteiger partial charge is 0.507 e. The van der Waals surface area contributed by atoms with Crippen molar-refractivity contribution in [2.24, 2.45) is 0 Å². The second-order valence-electron chi connectivity index (χ2n) is 3.61. The topological polar surface area (TPSA) is 37.3 Å². The molecule has 14 heavy (non-hydrogen) atoms. The molecule has 0 saturated heterocycles. The van der Waals surface area contributed by atoms with Gasteiger partial charge in [0.25, 0.3) is 0 Å². The van der Waals surface area contributed by atoms with Crippen LogP contribution in [-0.2, 0) is 10.2 Å². The molecule has 3 radical (unpaired) electrons. The van der Waals surface area contributed by atoms with Gasteiger partial charge in [0.15, 0.2) is 0 Å². The molecule has 0 aliphatic heterocycles. The highest BCUT2D eigenvalue weighted by molar-refractivity contribution is 7.80. The summed E-state index contributed by atoms with van der Waals surface area (Å²) in [5.41, 5.74) is 0.572. The zero-order valence-corrected chi connectivity index (χ0v) is 9.34. The highest BCUT2D eigenvalue weighted by atomic mass is 32.1. The summed E-state index contributed by atoms with van der Waals surface area (Å²) in [6, 6.07) is 5.11. The number of carbonyl (C=O) groups excluding carboxylic acids is 1. The van der Waals surface area contributed by atoms with Crippen LogP contribution in [0.25, 0.3) is 0 Å². The fourth-order valence-corrected chi connectivity index (χ4v) is 2.20. The predicted molar refractivity (Wildman–Crippen MR) is 57.0 cm³/mol. The number of phenols is 1. The molecule has 1 N–H and O–H groups in total. The molecule has 4 heteroatoms. The van der Waals surface area contributed by atoms with Crippen molar-refractivity contribution in [1.82, 2.24) is 0 Å². The van der Waals surface area contributed by atoms with Crippen LogP contribution in [-0.4, -0.2) is 20.8 Å². The summed E-state index contributed by atoms with van der Waals surface area (Å²) in [6.45, 7) is 0. The van der Waals surface area contributed by atoms with Gasteiger partial charge in [-0.05, 0) is 30.5 Å². The van der Waals surface area contributed by atoms with Crippen molar-refractivity contribution < 1.29 is 9.90 Å². The number of rotatable bonds is 2. The van der Waals surface area contributed by atoms with Crippen LogP contribution >= 0.6 is 12.6 Å². The first-order valence-electron chi connectivity index (χ1n) is 4.35. The minimum absolute atomic E-state index is 0.0101. The fourth-order valence-electron chi connectivity index (χ4n) is 1.59. The molecule has 0 heterocycles. The Balaban J connectivity index is 2.43. The summed E-state index contributed by atoms with van der Waals surface area (Å²) in [4.78, 5) is 11.9. The van der Waals surface area contributed by atoms with Gasteiger partial charge in [0, 0.05) is 10.3 Å². The molecule has 0 atom stereocenters. The van der Waals surface area contributed by atoms with Gasteiger partial charge < -0.3 is 9.90 Å². The average Bonchev–Trinajstić information content (AvgIpc) is 2.90. The summed E-state index contributed by atoms with van der Waals surface area (Å²) in [5.74, 6) is 0.147. The Kier molecular flexibility index (Phi) is 2.19. The van der Waals surface area contributed by atoms with Crippen LogP contribution in [0.4, 0.5) is 0 Å². The van der Waals surface area contributed by atoms with E-state index < -0.39 is 0 Å². The first-order valence-corrected chi connectivity index (χ1v) is 5.29. The number of hydrogen-bond donors (Lipinski definition) is 2. The van der Waals surface area contributed by atoms with Crippen LogP contribution in [0.15, 0.2) is 23.1 Å². The number of thiol groups is 1. The molecule has 0 amide bonds. The number of benzene rings is 1. The fraction of sp³-hybridized carbons (Fsp3) is 0.300. The van der Waals surface area contributed by atoms with E-state index >= 15 is 0 Å². The van der Waals surface area contributed by atoms with Crippen molar-refractivity contribution in [2.45, 2.75) is 23.2 Å². The first-order chi connectivity index (χ1) is 6.56. The van der Waals surface area contributed by atoms with Crippen molar-refractivity contribution in [3.05, 3.63) is 23.8 Å². The molecule has 71 valence electrons. The monoisotopic (exact) mass is 221 g/mol. The number of hydrogen-bond acceptors (Lipinski definition) is 3. The smallest absolute Gasteiger partial charge is 0.128 e. The van der Waals surface area contributed by atoms with Gasteiger partial charge in [0.1, 0.15) is 21.4 Å². The van der Waals surface area contributed by atoms with Crippen LogP contribution in [0.5, 0.6) is 5.75 Å². The van der Waals surface area contributed by atoms with E-state index in [1.54, 1.807) is 18.2 Å². The van der Waals surface area contributed by atoms with E-state index in [0.717, 1.165) is 18.4 Å². The summed E-state index contributed by atoms with van der Waals surface area (Å²) in [6.07, 6.45) is 1.74. The Labute approximate surface area is 91.2 Å². The van der Waals surface area contributed by atoms with E-state index in [2.05, 4.69) is 22.9 Å². The minimum atomic E-state index is -0.359. The molecule has 1 aromatic rings. The molecule has 0 bridgehead atoms. The molecule has 0 spiro atoms. The van der Waals surface area contributed by atoms with Crippen molar-refractivity contribution >= 4 is 28.3 Å². The lowest BCUT2D eigenvalue weighted by molar-refractivity contribution is -0.113. The van der Waals surface area contributed by atoms with Gasteiger partial charge in [-0.2, -0.15) is 0 Å². The quantitative estimate of drug-likeness (QED) is 0.585. The summed E-state index contributed by atoms with van der Waals surface area (Å²) in [7, 11) is 3.06. The third-order valence-electron chi connectivity index (χ3n) is 2.71. The second kappa shape index (κ2) is 3.14. The lowest BCUT2D eigenvalue weighted by atomic mass is 9.97. The highest BCUT2D eigenvalue weighted by Crippen LogP contribution is 2.49. The molecule has 1 aromatic carbocycles. The maximum Gasteiger partial charge on any atom is 0.128 e. The Morgan fingerprint density at radius 1 is 1.50 bits per heavy atom. The predicted octanol–water partition coefficient (Wildman–Crippen LogP) is 1.41. The molecule has 1 aliphatic carbocycles. The lowest BCUT2D eigenvalue weighted by Gasteiger charge is -2.12. The van der Waals surface area contributed by atoms with Gasteiger partial charge in [-0.3, -0.25) is 0 Å². The van der Waals surface area contributed by atoms with Crippen LogP contribution in [0.3, 0.4) is 0 Å². The molecule has 0 aromatic heterocycles. The number of aromatic hydroxyl groups is 1. The maximum atomic E-state index is 11.4. The van der Waals surface area contributed by atoms with E-state index in [-0.39, 0.29) is 16.6 Å². The summed E-state index contributed by atoms with van der Waals surface area (Å²) >= 11 is 4.12. The van der Waals surface area contributed by atoms with Gasteiger partial charge in [0.05, 0.1) is 0 Å². The van der Waals surface area contributed by atoms with Gasteiger partial charge in [-0.25, -0.2) is 0 Å². The van der Waals surface area contributed by atoms with E-state index in [9.17, 15) is 9.90 Å². The number of phenolic OH excluding ortho intramolecular Hbond substituents is 1. The third kappa shape index (κ3) is 1.38. The van der Waals surface area contributed by atoms with Crippen molar-refractivity contribution in [3.63, 3.8) is 0 Å². The van der Waals surface area contributed by atoms with E-state index in [4.69, 9.17) is 0 Å². The Morgan fingerprint density at radius 2 is 2.14 bits per heavy atom. The van der Waals surface area contributed by atoms with Crippen molar-refractivity contribution in [2.75, 3.05) is 0 Å². The summed E-state index contributed by atoms with van der Waals surface area (Å²) in [5, 5.41) is 9.31. The zero-order valence-electron chi connectivity index (χ0n) is 7.45. The molecule has 2 rings (SSSR count). The zero-order chi connectivity index (χ0) is 10.3. The van der Waals surface area contributed by atoms with E-state index in [0.29, 0.717) is 4.90 Å². The van der Waals surface area contributed by atoms with Crippen LogP contribution in [0.2, 0.25) is 0 Å². The average molecular weight is 221 g/mol. The molecule has 1 fully saturated rings. The Morgan fingerprint density at radius 3 is 2.57 bits per heavy atom. The minimum Gasteiger partial charge on any atom is -0.507 e. The maximum absolute atomic E-state index is 11.4. The van der Waals surface area contributed by atoms with E-state index in [1.807, 2.05) is 0 Å². The van der Waals surface area contributed by atoms with E-state index in [1.165, 1.54) is 0 Å². The lowest BCUT2D eigenvalue weighted by Crippen LogP contribution is -2.19. The third-order valence-corrected chi connectivity index (χ3v) is 3.55. The highest BCUT2D eigenvalue weighted by Gasteiger charge is 2.48. The number of carbonyl (C=O) groups is 1. The molecule has 0 unspecified atom stereocenters. The van der Waals surface area contributed by atoms with Gasteiger partial charge in [0.2, 0.25) is 0 Å². The van der Waals surface area contributed by atoms with Crippen molar-refractivity contribution in [3.8, 4) is 5.75 Å². The molecular weight excluding hydrogens is 212 g/mol. The molecule has 1 saturated carbocycles. The first kappa shape index (κ1) is 9.80. The molecule has 2 nitrogen and oxygen atoms in total. The Bertz CT molecular complexity index is 399. The molecule has 1 aliphatic rings. The van der Waals surface area contributed by atoms with Gasteiger partial charge >= 0.3 is 0 Å². The summed E-state index contributed by atoms with van der Waals surface area (Å²) < 4.78 is 0. The molecular formula is C10H9O2SSi. The standard InChI is InChI=1S/C10H9O2SSi/c11-7-2-1-6(5-8(7)13)10(3-4-10)9(12)14/h1-2,5,11,13H,3-4H2. The van der Waals surface area contributed by atoms with Crippen LogP contribution < -0.4 is 0 Å². The normalized spacial score (nSPS) is 17.9. The second-order valence-corrected chi connectivity index (χ2v) is 4.55. The van der Waals surface area contributed by atoms with Crippen LogP contribution in [0.1, 0.15) is 18.4 Å². The van der Waals surface area contributed by atoms with Crippen LogP contribution in [0, 0.1) is 0 Å².